The fourth-order valence-corrected chi connectivity index (χ4v) is 6.33. The van der Waals surface area contributed by atoms with Crippen LogP contribution in [0.4, 0.5) is 0 Å². The van der Waals surface area contributed by atoms with Gasteiger partial charge >= 0.3 is 29.2 Å². The lowest BCUT2D eigenvalue weighted by Crippen LogP contribution is -2.36. The Balaban J connectivity index is 2.13. The standard InChI is InChI=1S/C12H21N2O15P3/c1-24-30(19,20)28-32(23,25-2)29-31(21,22)26-6-8-7(5-15)10(17)11(27-8)14-4-3-9(16)13-12(14)18/h3-4,7-8,10-11,15,17H,5-6H2,1-2H3,(H,19,20)(H,21,22)(H,13,16,18)/t7-,8-,10-,11-,32?/m1/s1. The molecular weight excluding hydrogens is 505 g/mol. The maximum atomic E-state index is 12.2. The number of rotatable bonds is 11. The number of phosphoric acid groups is 3. The molecule has 1 saturated heterocycles. The minimum atomic E-state index is -5.30. The van der Waals surface area contributed by atoms with Crippen LogP contribution in [0.25, 0.3) is 0 Å². The Hall–Kier alpha value is -1.03. The van der Waals surface area contributed by atoms with E-state index in [-0.39, 0.29) is 0 Å². The number of aliphatic hydroxyl groups is 2. The molecule has 5 N–H and O–H groups in total. The third kappa shape index (κ3) is 6.74. The molecule has 0 amide bonds. The van der Waals surface area contributed by atoms with Crippen molar-refractivity contribution in [3.05, 3.63) is 33.1 Å². The number of nitrogens with one attached hydrogen (secondary N) is 1. The summed E-state index contributed by atoms with van der Waals surface area (Å²) in [7, 11) is -14.0. The van der Waals surface area contributed by atoms with Gasteiger partial charge in [0, 0.05) is 32.4 Å². The maximum Gasteiger partial charge on any atom is 0.492 e. The van der Waals surface area contributed by atoms with Crippen LogP contribution in [0.5, 0.6) is 0 Å². The second-order valence-electron chi connectivity index (χ2n) is 6.13. The topological polar surface area (TPSA) is 242 Å². The van der Waals surface area contributed by atoms with Crippen molar-refractivity contribution in [2.75, 3.05) is 27.4 Å². The fourth-order valence-electron chi connectivity index (χ4n) is 2.60. The van der Waals surface area contributed by atoms with E-state index in [1.54, 1.807) is 0 Å². The highest BCUT2D eigenvalue weighted by atomic mass is 31.3. The van der Waals surface area contributed by atoms with E-state index in [4.69, 9.17) is 4.74 Å². The third-order valence-corrected chi connectivity index (χ3v) is 8.76. The van der Waals surface area contributed by atoms with Gasteiger partial charge < -0.3 is 24.7 Å². The van der Waals surface area contributed by atoms with E-state index in [1.165, 1.54) is 0 Å². The molecule has 17 nitrogen and oxygen atoms in total. The molecule has 1 aliphatic rings. The van der Waals surface area contributed by atoms with Crippen molar-refractivity contribution in [1.82, 2.24) is 9.55 Å². The van der Waals surface area contributed by atoms with Crippen molar-refractivity contribution in [2.24, 2.45) is 5.92 Å². The summed E-state index contributed by atoms with van der Waals surface area (Å²) in [5.74, 6) is -1.13. The van der Waals surface area contributed by atoms with E-state index in [0.29, 0.717) is 7.11 Å². The van der Waals surface area contributed by atoms with Crippen molar-refractivity contribution >= 4 is 23.5 Å². The van der Waals surface area contributed by atoms with Crippen LogP contribution >= 0.6 is 23.5 Å². The molecule has 184 valence electrons. The molecule has 1 aromatic heterocycles. The third-order valence-electron chi connectivity index (χ3n) is 4.12. The molecule has 2 heterocycles. The molecule has 0 spiro atoms. The largest absolute Gasteiger partial charge is 0.492 e. The number of ether oxygens (including phenoxy) is 1. The van der Waals surface area contributed by atoms with Gasteiger partial charge in [-0.3, -0.25) is 27.9 Å². The monoisotopic (exact) mass is 526 g/mol. The summed E-state index contributed by atoms with van der Waals surface area (Å²) in [6.07, 6.45) is -3.18. The van der Waals surface area contributed by atoms with Crippen molar-refractivity contribution in [3.63, 3.8) is 0 Å². The van der Waals surface area contributed by atoms with Gasteiger partial charge in [-0.1, -0.05) is 0 Å². The van der Waals surface area contributed by atoms with Gasteiger partial charge in [-0.15, -0.1) is 0 Å². The smallest absolute Gasteiger partial charge is 0.396 e. The van der Waals surface area contributed by atoms with E-state index >= 15 is 0 Å². The predicted octanol–water partition coefficient (Wildman–Crippen LogP) is -0.945. The van der Waals surface area contributed by atoms with Crippen LogP contribution < -0.4 is 11.2 Å². The second kappa shape index (κ2) is 10.5. The van der Waals surface area contributed by atoms with Crippen LogP contribution in [0.15, 0.2) is 21.9 Å². The Labute approximate surface area is 179 Å². The molecule has 2 rings (SSSR count). The minimum Gasteiger partial charge on any atom is -0.396 e. The van der Waals surface area contributed by atoms with Crippen LogP contribution in [0, 0.1) is 5.92 Å². The van der Waals surface area contributed by atoms with Gasteiger partial charge in [0.1, 0.15) is 6.10 Å². The Morgan fingerprint density at radius 2 is 1.75 bits per heavy atom. The van der Waals surface area contributed by atoms with Crippen LogP contribution in [0.3, 0.4) is 0 Å². The summed E-state index contributed by atoms with van der Waals surface area (Å²) in [6, 6.07) is 0.979. The molecule has 1 aromatic rings. The number of phosphoric ester groups is 2. The molecule has 0 aliphatic carbocycles. The van der Waals surface area contributed by atoms with Gasteiger partial charge in [0.05, 0.1) is 19.3 Å². The molecule has 32 heavy (non-hydrogen) atoms. The van der Waals surface area contributed by atoms with E-state index in [2.05, 4.69) is 22.2 Å². The first-order valence-electron chi connectivity index (χ1n) is 8.46. The summed E-state index contributed by atoms with van der Waals surface area (Å²) in [5.41, 5.74) is -1.64. The molecule has 0 aromatic carbocycles. The lowest BCUT2D eigenvalue weighted by Gasteiger charge is -2.22. The number of nitrogens with zero attached hydrogens (tertiary/aromatic N) is 1. The van der Waals surface area contributed by atoms with Gasteiger partial charge in [-0.2, -0.15) is 8.62 Å². The normalized spacial score (nSPS) is 29.2. The highest BCUT2D eigenvalue weighted by Gasteiger charge is 2.47. The number of hydrogen-bond acceptors (Lipinski definition) is 13. The lowest BCUT2D eigenvalue weighted by molar-refractivity contribution is -0.0532. The minimum absolute atomic E-state index is 0.682. The van der Waals surface area contributed by atoms with Crippen LogP contribution in [-0.4, -0.2) is 69.2 Å². The quantitative estimate of drug-likeness (QED) is 0.218. The first kappa shape index (κ1) is 27.2. The highest BCUT2D eigenvalue weighted by Crippen LogP contribution is 2.69. The van der Waals surface area contributed by atoms with Crippen LogP contribution in [0.2, 0.25) is 0 Å². The Morgan fingerprint density at radius 3 is 2.28 bits per heavy atom. The van der Waals surface area contributed by atoms with Crippen LogP contribution in [-0.2, 0) is 40.6 Å². The van der Waals surface area contributed by atoms with Crippen molar-refractivity contribution in [3.8, 4) is 0 Å². The van der Waals surface area contributed by atoms with Gasteiger partial charge in [0.2, 0.25) is 0 Å². The SMILES string of the molecule is COP(=O)(O)OP(=O)(OC)OP(=O)(O)OC[C@H]1O[C@@H](n2ccc(=O)[nH]c2=O)[C@H](O)[C@@H]1CO. The number of aromatic amines is 1. The summed E-state index contributed by atoms with van der Waals surface area (Å²) in [5, 5.41) is 19.9. The zero-order valence-corrected chi connectivity index (χ0v) is 19.1. The van der Waals surface area contributed by atoms with Crippen molar-refractivity contribution in [1.29, 1.82) is 0 Å². The van der Waals surface area contributed by atoms with Gasteiger partial charge in [-0.25, -0.2) is 18.5 Å². The summed E-state index contributed by atoms with van der Waals surface area (Å²) < 4.78 is 63.1. The predicted molar refractivity (Wildman–Crippen MR) is 101 cm³/mol. The second-order valence-corrected chi connectivity index (χ2v) is 11.2. The zero-order valence-electron chi connectivity index (χ0n) is 16.4. The van der Waals surface area contributed by atoms with Crippen LogP contribution in [0.1, 0.15) is 6.23 Å². The zero-order chi connectivity index (χ0) is 24.3. The van der Waals surface area contributed by atoms with Crippen molar-refractivity contribution in [2.45, 2.75) is 18.4 Å². The summed E-state index contributed by atoms with van der Waals surface area (Å²) in [4.78, 5) is 44.1. The van der Waals surface area contributed by atoms with Gasteiger partial charge in [0.25, 0.3) is 5.56 Å². The molecule has 0 radical (unpaired) electrons. The van der Waals surface area contributed by atoms with Gasteiger partial charge in [-0.05, 0) is 0 Å². The van der Waals surface area contributed by atoms with E-state index in [0.717, 1.165) is 23.9 Å². The number of hydrogen-bond donors (Lipinski definition) is 5. The van der Waals surface area contributed by atoms with E-state index in [9.17, 15) is 43.3 Å². The average molecular weight is 526 g/mol. The number of H-pyrrole nitrogens is 1. The Morgan fingerprint density at radius 1 is 1.12 bits per heavy atom. The molecule has 0 saturated carbocycles. The first-order chi connectivity index (χ1) is 14.8. The highest BCUT2D eigenvalue weighted by molar-refractivity contribution is 7.67. The fraction of sp³-hybridized carbons (Fsp3) is 0.667. The van der Waals surface area contributed by atoms with Gasteiger partial charge in [0.15, 0.2) is 6.23 Å². The summed E-state index contributed by atoms with van der Waals surface area (Å²) in [6.45, 7) is -1.56. The maximum absolute atomic E-state index is 12.2. The molecule has 1 aliphatic heterocycles. The first-order valence-corrected chi connectivity index (χ1v) is 12.9. The Bertz CT molecular complexity index is 1050. The molecule has 1 fully saturated rings. The molecular formula is C12H21N2O15P3. The van der Waals surface area contributed by atoms with E-state index < -0.39 is 72.3 Å². The number of aromatic nitrogens is 2. The molecule has 3 unspecified atom stereocenters. The van der Waals surface area contributed by atoms with E-state index in [1.807, 2.05) is 4.98 Å². The van der Waals surface area contributed by atoms with Crippen molar-refractivity contribution < 1.29 is 60.6 Å². The number of aliphatic hydroxyl groups excluding tert-OH is 2. The summed E-state index contributed by atoms with van der Waals surface area (Å²) >= 11 is 0. The molecule has 7 atom stereocenters. The molecule has 20 heteroatoms. The average Bonchev–Trinajstić information content (AvgIpc) is 3.01. The Kier molecular flexibility index (Phi) is 8.92. The molecule has 0 bridgehead atoms. The lowest BCUT2D eigenvalue weighted by atomic mass is 9.99.